The molecule has 1 amide bonds. The molecule has 1 unspecified atom stereocenters. The molecule has 0 aromatic heterocycles. The van der Waals surface area contributed by atoms with Gasteiger partial charge in [-0.15, -0.1) is 12.4 Å². The summed E-state index contributed by atoms with van der Waals surface area (Å²) in [6.45, 7) is 3.98. The summed E-state index contributed by atoms with van der Waals surface area (Å²) in [7, 11) is 0. The molecule has 0 aliphatic carbocycles. The number of morpholine rings is 1. The first kappa shape index (κ1) is 18.8. The van der Waals surface area contributed by atoms with Gasteiger partial charge in [0.1, 0.15) is 11.6 Å². The molecule has 0 spiro atoms. The normalized spacial score (nSPS) is 17.7. The fraction of sp³-hybridized carbons (Fsp3) is 0.533. The number of ether oxygens (including phenoxy) is 1. The van der Waals surface area contributed by atoms with E-state index >= 15 is 0 Å². The molecule has 22 heavy (non-hydrogen) atoms. The van der Waals surface area contributed by atoms with Gasteiger partial charge in [-0.05, 0) is 19.1 Å². The minimum Gasteiger partial charge on any atom is -0.378 e. The standard InChI is InChI=1S/C15H20F2N2O2.ClH/c1-2-19(9-12-13(16)4-3-5-14(12)17)15(20)8-11-10-21-7-6-18-11;/h3-5,11,18H,2,6-10H2,1H3;1H. The number of halogens is 3. The van der Waals surface area contributed by atoms with Crippen molar-refractivity contribution in [3.63, 3.8) is 0 Å². The highest BCUT2D eigenvalue weighted by atomic mass is 35.5. The Bertz CT molecular complexity index is 476. The first-order chi connectivity index (χ1) is 10.1. The molecule has 1 aromatic carbocycles. The molecule has 0 bridgehead atoms. The van der Waals surface area contributed by atoms with Gasteiger partial charge in [-0.25, -0.2) is 8.78 Å². The van der Waals surface area contributed by atoms with E-state index in [2.05, 4.69) is 5.32 Å². The van der Waals surface area contributed by atoms with Crippen LogP contribution >= 0.6 is 12.4 Å². The lowest BCUT2D eigenvalue weighted by Gasteiger charge is -2.27. The van der Waals surface area contributed by atoms with E-state index in [0.717, 1.165) is 0 Å². The molecule has 1 aromatic rings. The average Bonchev–Trinajstić information content (AvgIpc) is 2.48. The molecule has 124 valence electrons. The first-order valence-electron chi connectivity index (χ1n) is 7.13. The highest BCUT2D eigenvalue weighted by molar-refractivity contribution is 5.85. The Morgan fingerprint density at radius 2 is 2.09 bits per heavy atom. The van der Waals surface area contributed by atoms with Gasteiger partial charge in [-0.3, -0.25) is 4.79 Å². The Labute approximate surface area is 135 Å². The number of benzene rings is 1. The third kappa shape index (κ3) is 4.90. The molecule has 1 N–H and O–H groups in total. The molecule has 0 radical (unpaired) electrons. The van der Waals surface area contributed by atoms with Crippen LogP contribution in [-0.4, -0.2) is 43.2 Å². The van der Waals surface area contributed by atoms with Crippen LogP contribution in [0.5, 0.6) is 0 Å². The second-order valence-electron chi connectivity index (χ2n) is 5.04. The fourth-order valence-corrected chi connectivity index (χ4v) is 2.34. The summed E-state index contributed by atoms with van der Waals surface area (Å²) in [4.78, 5) is 13.7. The van der Waals surface area contributed by atoms with Crippen molar-refractivity contribution in [2.75, 3.05) is 26.3 Å². The van der Waals surface area contributed by atoms with Crippen LogP contribution in [0.25, 0.3) is 0 Å². The van der Waals surface area contributed by atoms with Crippen LogP contribution in [0.15, 0.2) is 18.2 Å². The molecule has 2 rings (SSSR count). The van der Waals surface area contributed by atoms with Crippen LogP contribution in [0.1, 0.15) is 18.9 Å². The van der Waals surface area contributed by atoms with Gasteiger partial charge in [-0.2, -0.15) is 0 Å². The highest BCUT2D eigenvalue weighted by Gasteiger charge is 2.22. The molecule has 0 saturated carbocycles. The molecule has 4 nitrogen and oxygen atoms in total. The van der Waals surface area contributed by atoms with E-state index in [1.54, 1.807) is 6.92 Å². The Morgan fingerprint density at radius 1 is 1.41 bits per heavy atom. The average molecular weight is 335 g/mol. The van der Waals surface area contributed by atoms with Gasteiger partial charge in [0, 0.05) is 31.1 Å². The monoisotopic (exact) mass is 334 g/mol. The third-order valence-corrected chi connectivity index (χ3v) is 3.56. The summed E-state index contributed by atoms with van der Waals surface area (Å²) in [6, 6.07) is 3.68. The molecule has 1 fully saturated rings. The number of amides is 1. The lowest BCUT2D eigenvalue weighted by molar-refractivity contribution is -0.132. The fourth-order valence-electron chi connectivity index (χ4n) is 2.34. The maximum absolute atomic E-state index is 13.7. The number of hydrogen-bond donors (Lipinski definition) is 1. The predicted octanol–water partition coefficient (Wildman–Crippen LogP) is 2.11. The van der Waals surface area contributed by atoms with Crippen LogP contribution in [0.4, 0.5) is 8.78 Å². The van der Waals surface area contributed by atoms with E-state index in [0.29, 0.717) is 26.3 Å². The summed E-state index contributed by atoms with van der Waals surface area (Å²) in [5, 5.41) is 3.19. The van der Waals surface area contributed by atoms with Gasteiger partial charge >= 0.3 is 0 Å². The first-order valence-corrected chi connectivity index (χ1v) is 7.13. The Kier molecular flexibility index (Phi) is 7.72. The molecule has 1 aliphatic rings. The van der Waals surface area contributed by atoms with Crippen molar-refractivity contribution >= 4 is 18.3 Å². The largest absolute Gasteiger partial charge is 0.378 e. The summed E-state index contributed by atoms with van der Waals surface area (Å²) in [5.74, 6) is -1.39. The van der Waals surface area contributed by atoms with Crippen LogP contribution in [0.3, 0.4) is 0 Å². The molecular weight excluding hydrogens is 314 g/mol. The Hall–Kier alpha value is -1.24. The molecule has 1 aliphatic heterocycles. The van der Waals surface area contributed by atoms with Gasteiger partial charge in [0.2, 0.25) is 5.91 Å². The number of nitrogens with one attached hydrogen (secondary N) is 1. The summed E-state index contributed by atoms with van der Waals surface area (Å²) >= 11 is 0. The van der Waals surface area contributed by atoms with Crippen LogP contribution in [0, 0.1) is 11.6 Å². The van der Waals surface area contributed by atoms with Gasteiger partial charge in [0.25, 0.3) is 0 Å². The lowest BCUT2D eigenvalue weighted by atomic mass is 10.1. The van der Waals surface area contributed by atoms with Crippen molar-refractivity contribution in [3.05, 3.63) is 35.4 Å². The van der Waals surface area contributed by atoms with Crippen molar-refractivity contribution < 1.29 is 18.3 Å². The van der Waals surface area contributed by atoms with Crippen molar-refractivity contribution in [1.82, 2.24) is 10.2 Å². The van der Waals surface area contributed by atoms with Crippen LogP contribution in [0.2, 0.25) is 0 Å². The van der Waals surface area contributed by atoms with Crippen LogP contribution < -0.4 is 5.32 Å². The van der Waals surface area contributed by atoms with Crippen molar-refractivity contribution in [2.45, 2.75) is 25.9 Å². The zero-order valence-electron chi connectivity index (χ0n) is 12.5. The summed E-state index contributed by atoms with van der Waals surface area (Å²) in [5.41, 5.74) is -0.0689. The van der Waals surface area contributed by atoms with Gasteiger partial charge in [0.05, 0.1) is 19.8 Å². The van der Waals surface area contributed by atoms with Crippen LogP contribution in [-0.2, 0) is 16.1 Å². The van der Waals surface area contributed by atoms with E-state index in [1.807, 2.05) is 0 Å². The third-order valence-electron chi connectivity index (χ3n) is 3.56. The lowest BCUT2D eigenvalue weighted by Crippen LogP contribution is -2.45. The second-order valence-corrected chi connectivity index (χ2v) is 5.04. The number of rotatable bonds is 5. The zero-order valence-corrected chi connectivity index (χ0v) is 13.3. The van der Waals surface area contributed by atoms with Crippen molar-refractivity contribution in [2.24, 2.45) is 0 Å². The zero-order chi connectivity index (χ0) is 15.2. The number of carbonyl (C=O) groups is 1. The van der Waals surface area contributed by atoms with E-state index < -0.39 is 11.6 Å². The predicted molar refractivity (Wildman–Crippen MR) is 81.9 cm³/mol. The Morgan fingerprint density at radius 3 is 2.64 bits per heavy atom. The molecule has 1 heterocycles. The molecule has 1 saturated heterocycles. The van der Waals surface area contributed by atoms with Crippen molar-refractivity contribution in [3.8, 4) is 0 Å². The maximum Gasteiger partial charge on any atom is 0.224 e. The summed E-state index contributed by atoms with van der Waals surface area (Å²) in [6.07, 6.45) is 0.268. The highest BCUT2D eigenvalue weighted by Crippen LogP contribution is 2.15. The summed E-state index contributed by atoms with van der Waals surface area (Å²) < 4.78 is 32.6. The number of hydrogen-bond acceptors (Lipinski definition) is 3. The smallest absolute Gasteiger partial charge is 0.224 e. The van der Waals surface area contributed by atoms with E-state index in [-0.39, 0.29) is 42.9 Å². The van der Waals surface area contributed by atoms with Gasteiger partial charge in [-0.1, -0.05) is 6.07 Å². The molecular formula is C15H21ClF2N2O2. The van der Waals surface area contributed by atoms with E-state index in [4.69, 9.17) is 4.74 Å². The molecule has 7 heteroatoms. The van der Waals surface area contributed by atoms with Crippen molar-refractivity contribution in [1.29, 1.82) is 0 Å². The quantitative estimate of drug-likeness (QED) is 0.896. The topological polar surface area (TPSA) is 41.6 Å². The number of carbonyl (C=O) groups excluding carboxylic acids is 1. The Balaban J connectivity index is 0.00000242. The second kappa shape index (κ2) is 9.02. The molecule has 1 atom stereocenters. The maximum atomic E-state index is 13.7. The minimum absolute atomic E-state index is 0. The SMILES string of the molecule is CCN(Cc1c(F)cccc1F)C(=O)CC1COCCN1.Cl. The van der Waals surface area contributed by atoms with E-state index in [1.165, 1.54) is 23.1 Å². The van der Waals surface area contributed by atoms with Gasteiger partial charge < -0.3 is 15.0 Å². The minimum atomic E-state index is -0.625. The van der Waals surface area contributed by atoms with Gasteiger partial charge in [0.15, 0.2) is 0 Å². The van der Waals surface area contributed by atoms with E-state index in [9.17, 15) is 13.6 Å². The number of nitrogens with zero attached hydrogens (tertiary/aromatic N) is 1.